The third-order valence-corrected chi connectivity index (χ3v) is 4.78. The summed E-state index contributed by atoms with van der Waals surface area (Å²) < 4.78 is 5.12. The number of aryl methyl sites for hydroxylation is 2. The minimum Gasteiger partial charge on any atom is -0.480 e. The molecule has 0 saturated heterocycles. The van der Waals surface area contributed by atoms with E-state index in [4.69, 9.17) is 9.72 Å². The lowest BCUT2D eigenvalue weighted by Crippen LogP contribution is -2.43. The lowest BCUT2D eigenvalue weighted by molar-refractivity contribution is -0.143. The maximum atomic E-state index is 11.4. The highest BCUT2D eigenvalue weighted by Crippen LogP contribution is 2.20. The number of nitrogens with zero attached hydrogens (tertiary/aromatic N) is 2. The molecule has 1 aliphatic rings. The molecule has 0 amide bonds. The normalized spacial score (nSPS) is 14.8. The van der Waals surface area contributed by atoms with Gasteiger partial charge < -0.3 is 15.2 Å². The van der Waals surface area contributed by atoms with Crippen molar-refractivity contribution in [3.8, 4) is 0 Å². The fourth-order valence-electron chi connectivity index (χ4n) is 3.35. The molecule has 1 aromatic rings. The summed E-state index contributed by atoms with van der Waals surface area (Å²) >= 11 is 0. The van der Waals surface area contributed by atoms with Crippen molar-refractivity contribution in [2.24, 2.45) is 0 Å². The molecule has 25 heavy (non-hydrogen) atoms. The average molecular weight is 349 g/mol. The minimum atomic E-state index is -0.749. The first-order valence-electron chi connectivity index (χ1n) is 9.34. The molecule has 1 aromatic heterocycles. The van der Waals surface area contributed by atoms with E-state index in [1.807, 2.05) is 11.8 Å². The Balaban J connectivity index is 1.81. The molecule has 6 heteroatoms. The number of hydrogen-bond donors (Lipinski definition) is 2. The summed E-state index contributed by atoms with van der Waals surface area (Å²) in [4.78, 5) is 18.2. The largest absolute Gasteiger partial charge is 0.480 e. The van der Waals surface area contributed by atoms with Gasteiger partial charge in [0.15, 0.2) is 0 Å². The van der Waals surface area contributed by atoms with Crippen LogP contribution < -0.4 is 5.32 Å². The second kappa shape index (κ2) is 10.4. The number of aromatic nitrogens is 1. The lowest BCUT2D eigenvalue weighted by atomic mass is 10.1. The Bertz CT molecular complexity index is 551. The van der Waals surface area contributed by atoms with E-state index in [0.717, 1.165) is 50.3 Å². The number of ether oxygens (including phenoxy) is 1. The maximum Gasteiger partial charge on any atom is 0.320 e. The Morgan fingerprint density at radius 2 is 2.24 bits per heavy atom. The van der Waals surface area contributed by atoms with Crippen LogP contribution in [-0.4, -0.2) is 60.4 Å². The number of anilines is 1. The fourth-order valence-corrected chi connectivity index (χ4v) is 3.35. The molecule has 0 spiro atoms. The molecule has 2 N–H and O–H groups in total. The SMILES string of the molecule is CCC(C(=O)O)N(CCCCc1ccc2c(n1)NCCC2)CCOC. The first-order valence-corrected chi connectivity index (χ1v) is 9.34. The smallest absolute Gasteiger partial charge is 0.320 e. The zero-order valence-electron chi connectivity index (χ0n) is 15.5. The fraction of sp³-hybridized carbons (Fsp3) is 0.684. The summed E-state index contributed by atoms with van der Waals surface area (Å²) in [7, 11) is 1.65. The minimum absolute atomic E-state index is 0.429. The van der Waals surface area contributed by atoms with Crippen LogP contribution >= 0.6 is 0 Å². The molecular weight excluding hydrogens is 318 g/mol. The maximum absolute atomic E-state index is 11.4. The molecule has 0 aliphatic carbocycles. The van der Waals surface area contributed by atoms with Gasteiger partial charge in [-0.2, -0.15) is 0 Å². The molecule has 0 fully saturated rings. The molecule has 2 rings (SSSR count). The van der Waals surface area contributed by atoms with Gasteiger partial charge in [-0.05, 0) is 56.7 Å². The topological polar surface area (TPSA) is 74.7 Å². The predicted octanol–water partition coefficient (Wildman–Crippen LogP) is 2.57. The van der Waals surface area contributed by atoms with Crippen molar-refractivity contribution in [2.45, 2.75) is 51.5 Å². The second-order valence-electron chi connectivity index (χ2n) is 6.59. The number of carboxylic acids is 1. The molecule has 0 aromatic carbocycles. The first-order chi connectivity index (χ1) is 12.2. The number of fused-ring (bicyclic) bond motifs is 1. The van der Waals surface area contributed by atoms with Crippen molar-refractivity contribution in [1.29, 1.82) is 0 Å². The van der Waals surface area contributed by atoms with Crippen LogP contribution in [0.3, 0.4) is 0 Å². The highest BCUT2D eigenvalue weighted by Gasteiger charge is 2.22. The van der Waals surface area contributed by atoms with Crippen molar-refractivity contribution in [3.63, 3.8) is 0 Å². The third kappa shape index (κ3) is 5.97. The van der Waals surface area contributed by atoms with Crippen LogP contribution in [0, 0.1) is 0 Å². The van der Waals surface area contributed by atoms with Crippen molar-refractivity contribution in [2.75, 3.05) is 38.7 Å². The Kier molecular flexibility index (Phi) is 8.15. The van der Waals surface area contributed by atoms with E-state index in [9.17, 15) is 9.90 Å². The highest BCUT2D eigenvalue weighted by atomic mass is 16.5. The van der Waals surface area contributed by atoms with E-state index >= 15 is 0 Å². The van der Waals surface area contributed by atoms with Crippen molar-refractivity contribution >= 4 is 11.8 Å². The van der Waals surface area contributed by atoms with Gasteiger partial charge in [0.05, 0.1) is 6.61 Å². The number of pyridine rings is 1. The Labute approximate surface area is 150 Å². The molecule has 6 nitrogen and oxygen atoms in total. The van der Waals surface area contributed by atoms with E-state index in [2.05, 4.69) is 17.4 Å². The first kappa shape index (κ1) is 19.7. The third-order valence-electron chi connectivity index (χ3n) is 4.78. The molecule has 1 aliphatic heterocycles. The van der Waals surface area contributed by atoms with Gasteiger partial charge in [0.1, 0.15) is 11.9 Å². The molecule has 0 bridgehead atoms. The molecule has 2 heterocycles. The molecule has 1 atom stereocenters. The lowest BCUT2D eigenvalue weighted by Gasteiger charge is -2.27. The summed E-state index contributed by atoms with van der Waals surface area (Å²) in [5.74, 6) is 0.295. The van der Waals surface area contributed by atoms with Crippen molar-refractivity contribution in [1.82, 2.24) is 9.88 Å². The zero-order valence-corrected chi connectivity index (χ0v) is 15.5. The average Bonchev–Trinajstić information content (AvgIpc) is 2.62. The Morgan fingerprint density at radius 3 is 2.96 bits per heavy atom. The quantitative estimate of drug-likeness (QED) is 0.598. The number of carbonyl (C=O) groups is 1. The second-order valence-corrected chi connectivity index (χ2v) is 6.59. The summed E-state index contributed by atoms with van der Waals surface area (Å²) in [6, 6.07) is 3.88. The van der Waals surface area contributed by atoms with Gasteiger partial charge in [0, 0.05) is 25.9 Å². The van der Waals surface area contributed by atoms with Crippen molar-refractivity contribution < 1.29 is 14.6 Å². The number of rotatable bonds is 11. The molecule has 1 unspecified atom stereocenters. The summed E-state index contributed by atoms with van der Waals surface area (Å²) in [5.41, 5.74) is 2.43. The predicted molar refractivity (Wildman–Crippen MR) is 99.1 cm³/mol. The highest BCUT2D eigenvalue weighted by molar-refractivity contribution is 5.73. The van der Waals surface area contributed by atoms with Crippen LogP contribution in [0.5, 0.6) is 0 Å². The monoisotopic (exact) mass is 349 g/mol. The van der Waals surface area contributed by atoms with E-state index in [0.29, 0.717) is 19.6 Å². The van der Waals surface area contributed by atoms with E-state index < -0.39 is 12.0 Å². The van der Waals surface area contributed by atoms with E-state index in [-0.39, 0.29) is 0 Å². The van der Waals surface area contributed by atoms with Gasteiger partial charge >= 0.3 is 5.97 Å². The summed E-state index contributed by atoms with van der Waals surface area (Å²) in [6.07, 6.45) is 5.78. The number of aliphatic carboxylic acids is 1. The molecule has 0 saturated carbocycles. The molecule has 140 valence electrons. The van der Waals surface area contributed by atoms with E-state index in [1.54, 1.807) is 7.11 Å². The van der Waals surface area contributed by atoms with E-state index in [1.165, 1.54) is 12.0 Å². The van der Waals surface area contributed by atoms with Gasteiger partial charge in [-0.15, -0.1) is 0 Å². The van der Waals surface area contributed by atoms with Crippen LogP contribution in [0.4, 0.5) is 5.82 Å². The number of nitrogens with one attached hydrogen (secondary N) is 1. The number of carboxylic acid groups (broad SMARTS) is 1. The van der Waals surface area contributed by atoms with Gasteiger partial charge in [0.25, 0.3) is 0 Å². The van der Waals surface area contributed by atoms with Crippen LogP contribution in [0.25, 0.3) is 0 Å². The van der Waals surface area contributed by atoms with Gasteiger partial charge in [0.2, 0.25) is 0 Å². The summed E-state index contributed by atoms with van der Waals surface area (Å²) in [5, 5.41) is 12.8. The van der Waals surface area contributed by atoms with Crippen LogP contribution in [0.2, 0.25) is 0 Å². The summed E-state index contributed by atoms with van der Waals surface area (Å²) in [6.45, 7) is 4.91. The van der Waals surface area contributed by atoms with Gasteiger partial charge in [-0.3, -0.25) is 9.69 Å². The zero-order chi connectivity index (χ0) is 18.1. The molecular formula is C19H31N3O3. The van der Waals surface area contributed by atoms with Crippen molar-refractivity contribution in [3.05, 3.63) is 23.4 Å². The number of hydrogen-bond acceptors (Lipinski definition) is 5. The van der Waals surface area contributed by atoms with Crippen LogP contribution in [0.15, 0.2) is 12.1 Å². The molecule has 0 radical (unpaired) electrons. The Hall–Kier alpha value is -1.66. The Morgan fingerprint density at radius 1 is 1.40 bits per heavy atom. The van der Waals surface area contributed by atoms with Gasteiger partial charge in [-0.1, -0.05) is 13.0 Å². The van der Waals surface area contributed by atoms with Gasteiger partial charge in [-0.25, -0.2) is 4.98 Å². The number of unbranched alkanes of at least 4 members (excludes halogenated alkanes) is 1. The number of methoxy groups -OCH3 is 1. The van der Waals surface area contributed by atoms with Crippen LogP contribution in [-0.2, 0) is 22.4 Å². The van der Waals surface area contributed by atoms with Crippen LogP contribution in [0.1, 0.15) is 43.9 Å². The standard InChI is InChI=1S/C19H31N3O3/c1-3-17(19(23)24)22(13-14-25-2)12-5-4-8-16-10-9-15-7-6-11-20-18(15)21-16/h9-10,17H,3-8,11-14H2,1-2H3,(H,20,21)(H,23,24).